The van der Waals surface area contributed by atoms with E-state index in [4.69, 9.17) is 8.37 Å². The first kappa shape index (κ1) is 22.6. The van der Waals surface area contributed by atoms with Crippen LogP contribution in [-0.4, -0.2) is 45.5 Å². The molecule has 2 aromatic carbocycles. The first-order chi connectivity index (χ1) is 14.6. The van der Waals surface area contributed by atoms with Crippen LogP contribution in [-0.2, 0) is 30.5 Å². The lowest BCUT2D eigenvalue weighted by atomic mass is 10.1. The fourth-order valence-electron chi connectivity index (χ4n) is 2.44. The maximum absolute atomic E-state index is 12.7. The van der Waals surface area contributed by atoms with E-state index in [0.717, 1.165) is 0 Å². The monoisotopic (exact) mass is 465 g/mol. The zero-order chi connectivity index (χ0) is 21.3. The van der Waals surface area contributed by atoms with Crippen molar-refractivity contribution in [3.05, 3.63) is 81.1 Å². The Bertz CT molecular complexity index is 901. The zero-order valence-corrected chi connectivity index (χ0v) is 18.2. The van der Waals surface area contributed by atoms with Gasteiger partial charge >= 0.3 is 0 Å². The highest BCUT2D eigenvalue weighted by molar-refractivity contribution is 8.08. The van der Waals surface area contributed by atoms with Gasteiger partial charge in [0, 0.05) is 23.4 Å². The Labute approximate surface area is 183 Å². The standard InChI is InChI=1S/C20H19NO6S3/c22-17(15-7-3-1-4-8-15)13-26-29(24)20(19-21-11-12-28-19)30(25)27-14-18(23)16-9-5-2-6-10-16/h1-10,21H,11-14H2. The molecule has 0 amide bonds. The van der Waals surface area contributed by atoms with Crippen molar-refractivity contribution in [2.45, 2.75) is 0 Å². The molecular formula is C20H19NO6S3. The number of Topliss-reactive ketones (excluding diaryl/α,β-unsaturated/α-hetero) is 2. The number of ketones is 2. The third-order valence-corrected chi connectivity index (χ3v) is 7.71. The molecule has 0 bridgehead atoms. The van der Waals surface area contributed by atoms with Crippen LogP contribution in [0.15, 0.2) is 69.9 Å². The van der Waals surface area contributed by atoms with Gasteiger partial charge in [-0.1, -0.05) is 60.7 Å². The van der Waals surface area contributed by atoms with Crippen LogP contribution < -0.4 is 5.32 Å². The van der Waals surface area contributed by atoms with Gasteiger partial charge in [0.25, 0.3) is 0 Å². The molecule has 0 aliphatic carbocycles. The minimum absolute atomic E-state index is 0.126. The van der Waals surface area contributed by atoms with E-state index in [1.54, 1.807) is 60.7 Å². The van der Waals surface area contributed by atoms with E-state index in [9.17, 15) is 18.0 Å². The highest BCUT2D eigenvalue weighted by atomic mass is 32.3. The van der Waals surface area contributed by atoms with E-state index >= 15 is 0 Å². The summed E-state index contributed by atoms with van der Waals surface area (Å²) in [6.07, 6.45) is 0. The normalized spacial score (nSPS) is 15.3. The minimum Gasteiger partial charge on any atom is -0.377 e. The summed E-state index contributed by atoms with van der Waals surface area (Å²) in [5.74, 6) is -0.0170. The summed E-state index contributed by atoms with van der Waals surface area (Å²) in [5.41, 5.74) is 0.839. The van der Waals surface area contributed by atoms with E-state index in [0.29, 0.717) is 28.5 Å². The smallest absolute Gasteiger partial charge is 0.204 e. The maximum Gasteiger partial charge on any atom is 0.204 e. The molecule has 10 heteroatoms. The van der Waals surface area contributed by atoms with Crippen LogP contribution in [0.3, 0.4) is 0 Å². The fourth-order valence-corrected chi connectivity index (χ4v) is 5.76. The molecule has 1 aliphatic heterocycles. The summed E-state index contributed by atoms with van der Waals surface area (Å²) in [7, 11) is 0. The van der Waals surface area contributed by atoms with Crippen LogP contribution in [0, 0.1) is 0 Å². The Morgan fingerprint density at radius 3 is 1.70 bits per heavy atom. The first-order valence-electron chi connectivity index (χ1n) is 8.94. The molecule has 1 saturated heterocycles. The minimum atomic E-state index is -2.19. The van der Waals surface area contributed by atoms with Crippen LogP contribution in [0.25, 0.3) is 0 Å². The van der Waals surface area contributed by atoms with Crippen LogP contribution in [0.1, 0.15) is 20.7 Å². The van der Waals surface area contributed by atoms with Gasteiger partial charge in [-0.15, -0.1) is 11.8 Å². The summed E-state index contributed by atoms with van der Waals surface area (Å²) in [6, 6.07) is 16.9. The van der Waals surface area contributed by atoms with Crippen molar-refractivity contribution in [3.63, 3.8) is 0 Å². The predicted octanol–water partition coefficient (Wildman–Crippen LogP) is 2.58. The second-order valence-corrected chi connectivity index (χ2v) is 9.55. The summed E-state index contributed by atoms with van der Waals surface area (Å²) < 4.78 is 35.7. The van der Waals surface area contributed by atoms with Crippen molar-refractivity contribution in [3.8, 4) is 0 Å². The van der Waals surface area contributed by atoms with E-state index in [-0.39, 0.29) is 15.8 Å². The van der Waals surface area contributed by atoms with Gasteiger partial charge in [0.1, 0.15) is 13.2 Å². The number of nitrogens with one attached hydrogen (secondary N) is 1. The summed E-state index contributed by atoms with van der Waals surface area (Å²) in [4.78, 5) is 24.4. The average Bonchev–Trinajstić information content (AvgIpc) is 3.31. The van der Waals surface area contributed by atoms with Crippen LogP contribution in [0.2, 0.25) is 0 Å². The molecule has 1 N–H and O–H groups in total. The highest BCUT2D eigenvalue weighted by Gasteiger charge is 2.27. The number of hydrogen-bond donors (Lipinski definition) is 1. The molecule has 158 valence electrons. The van der Waals surface area contributed by atoms with Crippen molar-refractivity contribution in [2.24, 2.45) is 0 Å². The molecule has 2 unspecified atom stereocenters. The number of hydrogen-bond acceptors (Lipinski definition) is 8. The van der Waals surface area contributed by atoms with Crippen LogP contribution in [0.5, 0.6) is 0 Å². The lowest BCUT2D eigenvalue weighted by Gasteiger charge is -2.10. The molecule has 0 saturated carbocycles. The van der Waals surface area contributed by atoms with Crippen molar-refractivity contribution < 1.29 is 26.4 Å². The maximum atomic E-state index is 12.7. The molecule has 30 heavy (non-hydrogen) atoms. The second kappa shape index (κ2) is 11.3. The van der Waals surface area contributed by atoms with Crippen LogP contribution in [0.4, 0.5) is 0 Å². The van der Waals surface area contributed by atoms with Crippen molar-refractivity contribution in [1.29, 1.82) is 0 Å². The fraction of sp³-hybridized carbons (Fsp3) is 0.200. The lowest BCUT2D eigenvalue weighted by Crippen LogP contribution is -2.19. The first-order valence-corrected chi connectivity index (χ1v) is 12.1. The Morgan fingerprint density at radius 1 is 0.833 bits per heavy atom. The average molecular weight is 466 g/mol. The number of carbonyl (C=O) groups excluding carboxylic acids is 2. The Kier molecular flexibility index (Phi) is 8.52. The SMILES string of the molecule is O=C(COS(=O)C(=C1NCCS1)S(=O)OCC(=O)c1ccccc1)c1ccccc1. The topological polar surface area (TPSA) is 98.8 Å². The molecule has 1 heterocycles. The Balaban J connectivity index is 1.65. The van der Waals surface area contributed by atoms with Gasteiger partial charge in [0.15, 0.2) is 15.8 Å². The van der Waals surface area contributed by atoms with E-state index in [1.165, 1.54) is 11.8 Å². The van der Waals surface area contributed by atoms with Gasteiger partial charge in [-0.2, -0.15) is 0 Å². The number of benzene rings is 2. The Hall–Kier alpha value is -2.11. The largest absolute Gasteiger partial charge is 0.377 e. The molecule has 1 fully saturated rings. The lowest BCUT2D eigenvalue weighted by molar-refractivity contribution is 0.0926. The number of rotatable bonds is 10. The van der Waals surface area contributed by atoms with Gasteiger partial charge in [-0.3, -0.25) is 18.0 Å². The molecule has 0 aromatic heterocycles. The van der Waals surface area contributed by atoms with Crippen LogP contribution >= 0.6 is 11.8 Å². The summed E-state index contributed by atoms with van der Waals surface area (Å²) in [5, 5.41) is 3.39. The predicted molar refractivity (Wildman–Crippen MR) is 117 cm³/mol. The van der Waals surface area contributed by atoms with Crippen molar-refractivity contribution in [2.75, 3.05) is 25.5 Å². The van der Waals surface area contributed by atoms with Gasteiger partial charge in [0.2, 0.25) is 22.2 Å². The molecule has 2 aromatic rings. The number of carbonyl (C=O) groups is 2. The molecule has 7 nitrogen and oxygen atoms in total. The van der Waals surface area contributed by atoms with Gasteiger partial charge in [-0.25, -0.2) is 8.42 Å². The molecular weight excluding hydrogens is 446 g/mol. The highest BCUT2D eigenvalue weighted by Crippen LogP contribution is 2.27. The third kappa shape index (κ3) is 6.19. The molecule has 1 aliphatic rings. The molecule has 2 atom stereocenters. The summed E-state index contributed by atoms with van der Waals surface area (Å²) >= 11 is -3.06. The quantitative estimate of drug-likeness (QED) is 0.535. The van der Waals surface area contributed by atoms with Gasteiger partial charge in [0.05, 0.1) is 5.03 Å². The molecule has 3 rings (SSSR count). The zero-order valence-electron chi connectivity index (χ0n) is 15.8. The summed E-state index contributed by atoms with van der Waals surface area (Å²) in [6.45, 7) is -0.291. The van der Waals surface area contributed by atoms with E-state index in [1.807, 2.05) is 0 Å². The van der Waals surface area contributed by atoms with Gasteiger partial charge < -0.3 is 5.32 Å². The van der Waals surface area contributed by atoms with E-state index < -0.39 is 35.4 Å². The Morgan fingerprint density at radius 2 is 1.30 bits per heavy atom. The molecule has 0 radical (unpaired) electrons. The third-order valence-electron chi connectivity index (χ3n) is 3.91. The second-order valence-electron chi connectivity index (χ2n) is 5.96. The van der Waals surface area contributed by atoms with Gasteiger partial charge in [-0.05, 0) is 0 Å². The van der Waals surface area contributed by atoms with E-state index in [2.05, 4.69) is 5.32 Å². The number of thioether (sulfide) groups is 1. The van der Waals surface area contributed by atoms with Crippen molar-refractivity contribution >= 4 is 45.5 Å². The van der Waals surface area contributed by atoms with Crippen molar-refractivity contribution in [1.82, 2.24) is 5.32 Å². The molecule has 0 spiro atoms.